The summed E-state index contributed by atoms with van der Waals surface area (Å²) >= 11 is 5.90. The van der Waals surface area contributed by atoms with Crippen molar-refractivity contribution in [2.45, 2.75) is 6.54 Å². The van der Waals surface area contributed by atoms with Gasteiger partial charge in [-0.3, -0.25) is 19.7 Å². The number of aromatic nitrogens is 1. The van der Waals surface area contributed by atoms with E-state index in [0.717, 1.165) is 6.07 Å². The van der Waals surface area contributed by atoms with Crippen molar-refractivity contribution < 1.29 is 19.1 Å². The molecule has 0 saturated heterocycles. The molecule has 0 aliphatic rings. The Morgan fingerprint density at radius 2 is 2.09 bits per heavy atom. The lowest BCUT2D eigenvalue weighted by Gasteiger charge is -2.05. The molecule has 0 saturated carbocycles. The van der Waals surface area contributed by atoms with Crippen LogP contribution in [0.4, 0.5) is 11.4 Å². The molecule has 0 aliphatic carbocycles. The normalized spacial score (nSPS) is 10.1. The van der Waals surface area contributed by atoms with E-state index in [9.17, 15) is 19.7 Å². The van der Waals surface area contributed by atoms with Crippen LogP contribution in [0.3, 0.4) is 0 Å². The highest BCUT2D eigenvalue weighted by molar-refractivity contribution is 6.33. The molecule has 1 heterocycles. The predicted octanol–water partition coefficient (Wildman–Crippen LogP) is 1.27. The summed E-state index contributed by atoms with van der Waals surface area (Å²) in [6.07, 6.45) is 3.04. The Labute approximate surface area is 135 Å². The molecule has 0 atom stereocenters. The van der Waals surface area contributed by atoms with Gasteiger partial charge in [0.05, 0.1) is 15.6 Å². The molecule has 1 aromatic carbocycles. The second-order valence-corrected chi connectivity index (χ2v) is 5.01. The number of carbonyl (C=O) groups is 2. The van der Waals surface area contributed by atoms with Crippen LogP contribution in [0, 0.1) is 10.1 Å². The smallest absolute Gasteiger partial charge is 0.290 e. The van der Waals surface area contributed by atoms with Gasteiger partial charge in [-0.15, -0.1) is 0 Å². The number of benzene rings is 1. The quantitative estimate of drug-likeness (QED) is 0.485. The third kappa shape index (κ3) is 4.24. The van der Waals surface area contributed by atoms with E-state index in [1.54, 1.807) is 12.3 Å². The number of halogens is 1. The largest absolute Gasteiger partial charge is 0.365 e. The number of nitrogens with zero attached hydrogens (tertiary/aromatic N) is 2. The first-order chi connectivity index (χ1) is 10.9. The average molecular weight is 336 g/mol. The Morgan fingerprint density at radius 3 is 2.70 bits per heavy atom. The van der Waals surface area contributed by atoms with Crippen molar-refractivity contribution in [3.8, 4) is 0 Å². The van der Waals surface area contributed by atoms with Crippen LogP contribution in [0.5, 0.6) is 0 Å². The van der Waals surface area contributed by atoms with Crippen LogP contribution in [0.15, 0.2) is 42.7 Å². The minimum atomic E-state index is -0.599. The Hall–Kier alpha value is -3.00. The molecule has 0 radical (unpaired) electrons. The Balaban J connectivity index is 2.09. The van der Waals surface area contributed by atoms with Crippen molar-refractivity contribution in [2.24, 2.45) is 5.73 Å². The summed E-state index contributed by atoms with van der Waals surface area (Å²) in [5, 5.41) is 13.2. The molecule has 2 amide bonds. The maximum Gasteiger partial charge on any atom is 0.290 e. The Bertz CT molecular complexity index is 794. The fraction of sp³-hybridized carbons (Fsp3) is 0.0714. The molecule has 3 N–H and O–H groups in total. The van der Waals surface area contributed by atoms with Crippen molar-refractivity contribution >= 4 is 34.8 Å². The standard InChI is InChI=1S/C14H11ClN4O4/c15-11-6-10(19(22)23)3-4-12(11)17-13(20)8-18-5-1-2-9(7-18)14(16)21/h1-7H,8H2,(H2-,16,17,20,21)/p+1. The number of nitrogens with two attached hydrogens (primary N) is 1. The van der Waals surface area contributed by atoms with E-state index in [-0.39, 0.29) is 28.5 Å². The minimum absolute atomic E-state index is 0.0587. The SMILES string of the molecule is NC(=O)c1ccc[n+](CC(=O)Nc2ccc([N+](=O)[O-])cc2Cl)c1. The molecule has 1 aromatic heterocycles. The zero-order valence-electron chi connectivity index (χ0n) is 11.7. The van der Waals surface area contributed by atoms with Gasteiger partial charge in [-0.25, -0.2) is 0 Å². The first-order valence-corrected chi connectivity index (χ1v) is 6.77. The molecule has 23 heavy (non-hydrogen) atoms. The van der Waals surface area contributed by atoms with Crippen LogP contribution < -0.4 is 15.6 Å². The predicted molar refractivity (Wildman–Crippen MR) is 81.9 cm³/mol. The Morgan fingerprint density at radius 1 is 1.35 bits per heavy atom. The molecule has 0 fully saturated rings. The fourth-order valence-corrected chi connectivity index (χ4v) is 2.06. The lowest BCUT2D eigenvalue weighted by Crippen LogP contribution is -2.40. The van der Waals surface area contributed by atoms with Crippen molar-refractivity contribution in [3.63, 3.8) is 0 Å². The van der Waals surface area contributed by atoms with Crippen LogP contribution in [0.1, 0.15) is 10.4 Å². The van der Waals surface area contributed by atoms with Crippen LogP contribution >= 0.6 is 11.6 Å². The van der Waals surface area contributed by atoms with Gasteiger partial charge in [0.1, 0.15) is 5.56 Å². The molecular formula is C14H12ClN4O4+. The van der Waals surface area contributed by atoms with Crippen molar-refractivity contribution in [3.05, 3.63) is 63.4 Å². The summed E-state index contributed by atoms with van der Waals surface area (Å²) in [6, 6.07) is 6.86. The van der Waals surface area contributed by atoms with E-state index in [1.807, 2.05) is 0 Å². The van der Waals surface area contributed by atoms with Gasteiger partial charge in [-0.05, 0) is 12.1 Å². The summed E-state index contributed by atoms with van der Waals surface area (Å²) in [7, 11) is 0. The van der Waals surface area contributed by atoms with E-state index in [2.05, 4.69) is 5.32 Å². The lowest BCUT2D eigenvalue weighted by atomic mass is 10.2. The highest BCUT2D eigenvalue weighted by Crippen LogP contribution is 2.26. The number of nitrogens with one attached hydrogen (secondary N) is 1. The molecule has 2 rings (SSSR count). The molecule has 0 unspecified atom stereocenters. The zero-order valence-corrected chi connectivity index (χ0v) is 12.5. The average Bonchev–Trinajstić information content (AvgIpc) is 2.49. The van der Waals surface area contributed by atoms with Gasteiger partial charge >= 0.3 is 0 Å². The number of pyridine rings is 1. The minimum Gasteiger partial charge on any atom is -0.365 e. The van der Waals surface area contributed by atoms with Crippen LogP contribution in [-0.4, -0.2) is 16.7 Å². The number of nitro benzene ring substituents is 1. The maximum atomic E-state index is 12.0. The Kier molecular flexibility index (Phi) is 4.87. The van der Waals surface area contributed by atoms with E-state index >= 15 is 0 Å². The van der Waals surface area contributed by atoms with Crippen molar-refractivity contribution in [2.75, 3.05) is 5.32 Å². The topological polar surface area (TPSA) is 119 Å². The maximum absolute atomic E-state index is 12.0. The number of amides is 2. The van der Waals surface area contributed by atoms with Gasteiger partial charge in [0.2, 0.25) is 6.54 Å². The molecule has 0 bridgehead atoms. The number of rotatable bonds is 5. The van der Waals surface area contributed by atoms with E-state index < -0.39 is 16.7 Å². The molecule has 118 valence electrons. The van der Waals surface area contributed by atoms with Crippen molar-refractivity contribution in [1.82, 2.24) is 0 Å². The number of carbonyl (C=O) groups excluding carboxylic acids is 2. The van der Waals surface area contributed by atoms with E-state index in [1.165, 1.54) is 29.0 Å². The second kappa shape index (κ2) is 6.84. The highest BCUT2D eigenvalue weighted by Gasteiger charge is 2.15. The van der Waals surface area contributed by atoms with Gasteiger partial charge in [0.25, 0.3) is 17.5 Å². The number of non-ortho nitro benzene ring substituents is 1. The first-order valence-electron chi connectivity index (χ1n) is 6.39. The number of anilines is 1. The number of nitro groups is 1. The summed E-state index contributed by atoms with van der Waals surface area (Å²) < 4.78 is 1.48. The molecule has 2 aromatic rings. The fourth-order valence-electron chi connectivity index (χ4n) is 1.84. The molecule has 0 spiro atoms. The zero-order chi connectivity index (χ0) is 17.0. The summed E-state index contributed by atoms with van der Waals surface area (Å²) in [5.41, 5.74) is 5.53. The number of hydrogen-bond donors (Lipinski definition) is 2. The highest BCUT2D eigenvalue weighted by atomic mass is 35.5. The molecule has 8 nitrogen and oxygen atoms in total. The second-order valence-electron chi connectivity index (χ2n) is 4.60. The van der Waals surface area contributed by atoms with Crippen LogP contribution in [0.2, 0.25) is 5.02 Å². The number of primary amides is 1. The van der Waals surface area contributed by atoms with Gasteiger partial charge in [0.15, 0.2) is 12.4 Å². The molecule has 9 heteroatoms. The summed E-state index contributed by atoms with van der Waals surface area (Å²) in [6.45, 7) is -0.0750. The van der Waals surface area contributed by atoms with Gasteiger partial charge < -0.3 is 11.1 Å². The van der Waals surface area contributed by atoms with Gasteiger partial charge in [-0.1, -0.05) is 11.6 Å². The monoisotopic (exact) mass is 335 g/mol. The van der Waals surface area contributed by atoms with Crippen LogP contribution in [0.25, 0.3) is 0 Å². The summed E-state index contributed by atoms with van der Waals surface area (Å²) in [4.78, 5) is 33.1. The lowest BCUT2D eigenvalue weighted by molar-refractivity contribution is -0.684. The summed E-state index contributed by atoms with van der Waals surface area (Å²) in [5.74, 6) is -1.01. The third-order valence-electron chi connectivity index (χ3n) is 2.91. The van der Waals surface area contributed by atoms with E-state index in [0.29, 0.717) is 0 Å². The van der Waals surface area contributed by atoms with Gasteiger partial charge in [0, 0.05) is 18.2 Å². The number of hydrogen-bond acceptors (Lipinski definition) is 4. The first kappa shape index (κ1) is 16.4. The van der Waals surface area contributed by atoms with Crippen molar-refractivity contribution in [1.29, 1.82) is 0 Å². The molecular weight excluding hydrogens is 324 g/mol. The van der Waals surface area contributed by atoms with Crippen LogP contribution in [-0.2, 0) is 11.3 Å². The van der Waals surface area contributed by atoms with Gasteiger partial charge in [-0.2, -0.15) is 4.57 Å². The third-order valence-corrected chi connectivity index (χ3v) is 3.22. The molecule has 0 aliphatic heterocycles. The van der Waals surface area contributed by atoms with E-state index in [4.69, 9.17) is 17.3 Å².